The molecule has 1 aliphatic heterocycles. The fourth-order valence-corrected chi connectivity index (χ4v) is 2.78. The summed E-state index contributed by atoms with van der Waals surface area (Å²) in [5.41, 5.74) is -0.0479. The zero-order chi connectivity index (χ0) is 19.3. The van der Waals surface area contributed by atoms with E-state index in [0.717, 1.165) is 31.2 Å². The molecular weight excluding hydrogens is 332 g/mol. The molecule has 1 aromatic rings. The monoisotopic (exact) mass is 364 g/mol. The van der Waals surface area contributed by atoms with E-state index >= 15 is 0 Å². The first-order valence-corrected chi connectivity index (χ1v) is 9.40. The van der Waals surface area contributed by atoms with Gasteiger partial charge in [-0.1, -0.05) is 34.6 Å². The third kappa shape index (κ3) is 5.83. The van der Waals surface area contributed by atoms with Crippen molar-refractivity contribution in [2.45, 2.75) is 53.0 Å². The van der Waals surface area contributed by atoms with Crippen LogP contribution in [0.4, 0.5) is 0 Å². The van der Waals surface area contributed by atoms with Crippen LogP contribution in [0.5, 0.6) is 0 Å². The zero-order valence-electron chi connectivity index (χ0n) is 16.7. The number of hydrogen-bond donors (Lipinski definition) is 1. The number of aromatic nitrogens is 1. The number of carbonyl (C=O) groups is 2. The van der Waals surface area contributed by atoms with E-state index in [0.29, 0.717) is 19.6 Å². The van der Waals surface area contributed by atoms with Gasteiger partial charge < -0.3 is 14.6 Å². The first-order valence-electron chi connectivity index (χ1n) is 9.40. The molecule has 7 heteroatoms. The lowest BCUT2D eigenvalue weighted by atomic mass is 9.94. The predicted molar refractivity (Wildman–Crippen MR) is 99.5 cm³/mol. The summed E-state index contributed by atoms with van der Waals surface area (Å²) in [5.74, 6) is 1.39. The highest BCUT2D eigenvalue weighted by atomic mass is 16.4. The van der Waals surface area contributed by atoms with Crippen molar-refractivity contribution in [1.29, 1.82) is 0 Å². The second-order valence-electron chi connectivity index (χ2n) is 8.25. The van der Waals surface area contributed by atoms with Gasteiger partial charge in [-0.3, -0.25) is 14.5 Å². The second kappa shape index (κ2) is 8.66. The molecule has 0 unspecified atom stereocenters. The van der Waals surface area contributed by atoms with E-state index in [-0.39, 0.29) is 29.7 Å². The standard InChI is InChI=1S/C19H32N4O3/c1-14(2)18(25)21-12-17(24)23-8-6-7-22(9-10-23)13-16-20-11-15(26-16)19(3,4)5/h11,14H,6-10,12-13H2,1-5H3,(H,21,25). The van der Waals surface area contributed by atoms with Crippen molar-refractivity contribution in [2.24, 2.45) is 5.92 Å². The lowest BCUT2D eigenvalue weighted by Crippen LogP contribution is -2.42. The van der Waals surface area contributed by atoms with Crippen LogP contribution >= 0.6 is 0 Å². The van der Waals surface area contributed by atoms with E-state index in [2.05, 4.69) is 36.0 Å². The Morgan fingerprint density at radius 2 is 1.96 bits per heavy atom. The third-order valence-corrected chi connectivity index (χ3v) is 4.53. The molecule has 0 aromatic carbocycles. The van der Waals surface area contributed by atoms with Crippen LogP contribution in [0.1, 0.15) is 52.7 Å². The molecule has 1 saturated heterocycles. The summed E-state index contributed by atoms with van der Waals surface area (Å²) in [6.45, 7) is 13.7. The molecule has 1 fully saturated rings. The van der Waals surface area contributed by atoms with E-state index in [1.54, 1.807) is 6.20 Å². The average Bonchev–Trinajstić information content (AvgIpc) is 2.91. The van der Waals surface area contributed by atoms with Crippen molar-refractivity contribution in [3.63, 3.8) is 0 Å². The van der Waals surface area contributed by atoms with E-state index in [1.807, 2.05) is 18.7 Å². The number of hydrogen-bond acceptors (Lipinski definition) is 5. The van der Waals surface area contributed by atoms with Crippen LogP contribution in [-0.4, -0.2) is 59.3 Å². The molecule has 0 spiro atoms. The van der Waals surface area contributed by atoms with E-state index in [4.69, 9.17) is 4.42 Å². The van der Waals surface area contributed by atoms with Gasteiger partial charge in [-0.2, -0.15) is 0 Å². The maximum atomic E-state index is 12.3. The summed E-state index contributed by atoms with van der Waals surface area (Å²) < 4.78 is 5.87. The maximum absolute atomic E-state index is 12.3. The fraction of sp³-hybridized carbons (Fsp3) is 0.737. The fourth-order valence-electron chi connectivity index (χ4n) is 2.78. The van der Waals surface area contributed by atoms with Crippen LogP contribution in [-0.2, 0) is 21.5 Å². The molecule has 7 nitrogen and oxygen atoms in total. The highest BCUT2D eigenvalue weighted by Crippen LogP contribution is 2.23. The molecule has 0 saturated carbocycles. The molecular formula is C19H32N4O3. The molecule has 0 atom stereocenters. The zero-order valence-corrected chi connectivity index (χ0v) is 16.7. The summed E-state index contributed by atoms with van der Waals surface area (Å²) in [6, 6.07) is 0. The molecule has 0 bridgehead atoms. The number of oxazole rings is 1. The van der Waals surface area contributed by atoms with Gasteiger partial charge in [-0.05, 0) is 6.42 Å². The predicted octanol–water partition coefficient (Wildman–Crippen LogP) is 1.78. The molecule has 1 aliphatic rings. The van der Waals surface area contributed by atoms with Crippen molar-refractivity contribution in [1.82, 2.24) is 20.1 Å². The van der Waals surface area contributed by atoms with Crippen molar-refractivity contribution in [3.05, 3.63) is 17.8 Å². The first kappa shape index (κ1) is 20.4. The van der Waals surface area contributed by atoms with Crippen LogP contribution in [0.3, 0.4) is 0 Å². The van der Waals surface area contributed by atoms with Crippen LogP contribution in [0, 0.1) is 5.92 Å². The largest absolute Gasteiger partial charge is 0.444 e. The Bertz CT molecular complexity index is 619. The normalized spacial score (nSPS) is 16.6. The molecule has 2 amide bonds. The highest BCUT2D eigenvalue weighted by molar-refractivity contribution is 5.85. The van der Waals surface area contributed by atoms with Gasteiger partial charge in [0.2, 0.25) is 17.7 Å². The molecule has 1 N–H and O–H groups in total. The van der Waals surface area contributed by atoms with Crippen molar-refractivity contribution >= 4 is 11.8 Å². The molecule has 0 aliphatic carbocycles. The Morgan fingerprint density at radius 1 is 1.23 bits per heavy atom. The third-order valence-electron chi connectivity index (χ3n) is 4.53. The number of nitrogens with zero attached hydrogens (tertiary/aromatic N) is 3. The topological polar surface area (TPSA) is 78.7 Å². The lowest BCUT2D eigenvalue weighted by Gasteiger charge is -2.21. The van der Waals surface area contributed by atoms with Gasteiger partial charge in [0.05, 0.1) is 19.3 Å². The van der Waals surface area contributed by atoms with Crippen LogP contribution in [0.15, 0.2) is 10.6 Å². The Morgan fingerprint density at radius 3 is 2.58 bits per heavy atom. The summed E-state index contributed by atoms with van der Waals surface area (Å²) in [7, 11) is 0. The Labute approximate surface area is 156 Å². The SMILES string of the molecule is CC(C)C(=O)NCC(=O)N1CCCN(Cc2ncc(C(C)(C)C)o2)CC1. The summed E-state index contributed by atoms with van der Waals surface area (Å²) in [6.07, 6.45) is 2.71. The van der Waals surface area contributed by atoms with E-state index in [9.17, 15) is 9.59 Å². The van der Waals surface area contributed by atoms with Gasteiger partial charge >= 0.3 is 0 Å². The molecule has 0 radical (unpaired) electrons. The summed E-state index contributed by atoms with van der Waals surface area (Å²) in [4.78, 5) is 32.4. The summed E-state index contributed by atoms with van der Waals surface area (Å²) >= 11 is 0. The van der Waals surface area contributed by atoms with Gasteiger partial charge in [0.25, 0.3) is 0 Å². The van der Waals surface area contributed by atoms with Crippen molar-refractivity contribution in [3.8, 4) is 0 Å². The minimum Gasteiger partial charge on any atom is -0.444 e. The quantitative estimate of drug-likeness (QED) is 0.862. The van der Waals surface area contributed by atoms with Crippen LogP contribution < -0.4 is 5.32 Å². The number of nitrogens with one attached hydrogen (secondary N) is 1. The van der Waals surface area contributed by atoms with Crippen molar-refractivity contribution in [2.75, 3.05) is 32.7 Å². The Balaban J connectivity index is 1.83. The molecule has 26 heavy (non-hydrogen) atoms. The van der Waals surface area contributed by atoms with Crippen LogP contribution in [0.25, 0.3) is 0 Å². The lowest BCUT2D eigenvalue weighted by molar-refractivity contribution is -0.133. The smallest absolute Gasteiger partial charge is 0.242 e. The maximum Gasteiger partial charge on any atom is 0.242 e. The number of rotatable bonds is 5. The number of carbonyl (C=O) groups excluding carboxylic acids is 2. The summed E-state index contributed by atoms with van der Waals surface area (Å²) in [5, 5.41) is 2.70. The highest BCUT2D eigenvalue weighted by Gasteiger charge is 2.23. The van der Waals surface area contributed by atoms with E-state index in [1.165, 1.54) is 0 Å². The van der Waals surface area contributed by atoms with Gasteiger partial charge in [-0.15, -0.1) is 0 Å². The minimum absolute atomic E-state index is 0.0213. The van der Waals surface area contributed by atoms with Crippen LogP contribution in [0.2, 0.25) is 0 Å². The number of amides is 2. The van der Waals surface area contributed by atoms with Gasteiger partial charge in [-0.25, -0.2) is 4.98 Å². The second-order valence-corrected chi connectivity index (χ2v) is 8.25. The van der Waals surface area contributed by atoms with Gasteiger partial charge in [0, 0.05) is 37.5 Å². The molecule has 2 rings (SSSR count). The molecule has 146 valence electrons. The first-order chi connectivity index (χ1) is 12.2. The van der Waals surface area contributed by atoms with E-state index < -0.39 is 0 Å². The average molecular weight is 364 g/mol. The molecule has 1 aromatic heterocycles. The Hall–Kier alpha value is -1.89. The minimum atomic E-state index is -0.110. The van der Waals surface area contributed by atoms with Gasteiger partial charge in [0.15, 0.2) is 0 Å². The van der Waals surface area contributed by atoms with Gasteiger partial charge in [0.1, 0.15) is 5.76 Å². The molecule has 2 heterocycles. The Kier molecular flexibility index (Phi) is 6.81. The van der Waals surface area contributed by atoms with Crippen molar-refractivity contribution < 1.29 is 14.0 Å².